The number of hydrogen-bond donors (Lipinski definition) is 2. The van der Waals surface area contributed by atoms with E-state index >= 15 is 0 Å². The lowest BCUT2D eigenvalue weighted by molar-refractivity contribution is -0.118. The maximum absolute atomic E-state index is 10.9. The molecule has 4 nitrogen and oxygen atoms in total. The summed E-state index contributed by atoms with van der Waals surface area (Å²) in [6.45, 7) is 1.68. The minimum atomic E-state index is -0.458. The van der Waals surface area contributed by atoms with Crippen molar-refractivity contribution in [2.24, 2.45) is 5.73 Å². The predicted octanol–water partition coefficient (Wildman–Crippen LogP) is 1.63. The third-order valence-corrected chi connectivity index (χ3v) is 2.20. The van der Waals surface area contributed by atoms with Crippen LogP contribution >= 0.6 is 11.6 Å². The average molecular weight is 229 g/mol. The van der Waals surface area contributed by atoms with Gasteiger partial charge in [0.05, 0.1) is 12.8 Å². The van der Waals surface area contributed by atoms with Crippen LogP contribution in [0.3, 0.4) is 0 Å². The fraction of sp³-hybridized carbons (Fsp3) is 0.300. The molecule has 0 radical (unpaired) electrons. The Balaban J connectivity index is 2.89. The molecule has 0 saturated carbocycles. The van der Waals surface area contributed by atoms with E-state index in [1.54, 1.807) is 25.1 Å². The van der Waals surface area contributed by atoms with E-state index < -0.39 is 11.9 Å². The van der Waals surface area contributed by atoms with Crippen molar-refractivity contribution in [2.45, 2.75) is 13.0 Å². The molecule has 1 unspecified atom stereocenters. The van der Waals surface area contributed by atoms with Crippen LogP contribution < -0.4 is 15.8 Å². The van der Waals surface area contributed by atoms with Gasteiger partial charge in [0.1, 0.15) is 11.8 Å². The van der Waals surface area contributed by atoms with Crippen LogP contribution in [-0.4, -0.2) is 19.1 Å². The number of benzene rings is 1. The van der Waals surface area contributed by atoms with Crippen molar-refractivity contribution in [3.8, 4) is 5.75 Å². The topological polar surface area (TPSA) is 64.3 Å². The van der Waals surface area contributed by atoms with Gasteiger partial charge in [-0.15, -0.1) is 0 Å². The van der Waals surface area contributed by atoms with Crippen LogP contribution in [0.25, 0.3) is 0 Å². The fourth-order valence-corrected chi connectivity index (χ4v) is 1.25. The third-order valence-electron chi connectivity index (χ3n) is 1.96. The molecule has 1 amide bonds. The van der Waals surface area contributed by atoms with Crippen LogP contribution in [0, 0.1) is 0 Å². The number of methoxy groups -OCH3 is 1. The minimum Gasteiger partial charge on any atom is -0.495 e. The number of rotatable bonds is 4. The van der Waals surface area contributed by atoms with Crippen molar-refractivity contribution < 1.29 is 9.53 Å². The summed E-state index contributed by atoms with van der Waals surface area (Å²) in [6, 6.07) is 4.65. The first-order chi connectivity index (χ1) is 7.04. The van der Waals surface area contributed by atoms with Gasteiger partial charge in [-0.3, -0.25) is 4.79 Å². The highest BCUT2D eigenvalue weighted by atomic mass is 35.5. The summed E-state index contributed by atoms with van der Waals surface area (Å²) in [6.07, 6.45) is 0. The standard InChI is InChI=1S/C10H13ClN2O2/c1-6(10(12)14)13-8-4-3-7(11)5-9(8)15-2/h3-6,13H,1-2H3,(H2,12,14). The number of carbonyl (C=O) groups is 1. The van der Waals surface area contributed by atoms with Gasteiger partial charge in [0.15, 0.2) is 0 Å². The average Bonchev–Trinajstić information content (AvgIpc) is 2.20. The molecule has 3 N–H and O–H groups in total. The molecule has 15 heavy (non-hydrogen) atoms. The van der Waals surface area contributed by atoms with E-state index in [-0.39, 0.29) is 0 Å². The van der Waals surface area contributed by atoms with Gasteiger partial charge in [-0.2, -0.15) is 0 Å². The second-order valence-electron chi connectivity index (χ2n) is 3.11. The van der Waals surface area contributed by atoms with Crippen LogP contribution in [0.2, 0.25) is 5.02 Å². The van der Waals surface area contributed by atoms with E-state index in [0.717, 1.165) is 0 Å². The maximum Gasteiger partial charge on any atom is 0.239 e. The fourth-order valence-electron chi connectivity index (χ4n) is 1.09. The van der Waals surface area contributed by atoms with Gasteiger partial charge in [-0.05, 0) is 19.1 Å². The Morgan fingerprint density at radius 2 is 2.27 bits per heavy atom. The lowest BCUT2D eigenvalue weighted by Crippen LogP contribution is -2.32. The number of nitrogens with two attached hydrogens (primary N) is 1. The third kappa shape index (κ3) is 3.02. The lowest BCUT2D eigenvalue weighted by atomic mass is 10.2. The van der Waals surface area contributed by atoms with E-state index in [1.165, 1.54) is 7.11 Å². The molecule has 0 fully saturated rings. The summed E-state index contributed by atoms with van der Waals surface area (Å²) < 4.78 is 5.11. The second kappa shape index (κ2) is 4.89. The first-order valence-electron chi connectivity index (χ1n) is 4.44. The molecule has 1 rings (SSSR count). The van der Waals surface area contributed by atoms with E-state index in [4.69, 9.17) is 22.1 Å². The molecule has 0 heterocycles. The molecular weight excluding hydrogens is 216 g/mol. The summed E-state index contributed by atoms with van der Waals surface area (Å²) in [5.41, 5.74) is 5.83. The van der Waals surface area contributed by atoms with E-state index in [2.05, 4.69) is 5.32 Å². The van der Waals surface area contributed by atoms with Crippen LogP contribution in [0.5, 0.6) is 5.75 Å². The molecule has 0 aliphatic heterocycles. The van der Waals surface area contributed by atoms with E-state index in [9.17, 15) is 4.79 Å². The van der Waals surface area contributed by atoms with Gasteiger partial charge in [-0.25, -0.2) is 0 Å². The summed E-state index contributed by atoms with van der Waals surface area (Å²) >= 11 is 5.80. The molecule has 0 aliphatic rings. The summed E-state index contributed by atoms with van der Waals surface area (Å²) in [5, 5.41) is 3.50. The monoisotopic (exact) mass is 228 g/mol. The zero-order valence-corrected chi connectivity index (χ0v) is 9.34. The number of hydrogen-bond acceptors (Lipinski definition) is 3. The molecular formula is C10H13ClN2O2. The van der Waals surface area contributed by atoms with Crippen LogP contribution in [0.4, 0.5) is 5.69 Å². The molecule has 1 aromatic carbocycles. The molecule has 0 saturated heterocycles. The largest absolute Gasteiger partial charge is 0.495 e. The molecule has 0 spiro atoms. The van der Waals surface area contributed by atoms with Gasteiger partial charge in [0.25, 0.3) is 0 Å². The van der Waals surface area contributed by atoms with Crippen molar-refractivity contribution in [3.63, 3.8) is 0 Å². The Labute approximate surface area is 93.4 Å². The Kier molecular flexibility index (Phi) is 3.80. The molecule has 82 valence electrons. The Hall–Kier alpha value is -1.42. The zero-order valence-electron chi connectivity index (χ0n) is 8.58. The Morgan fingerprint density at radius 3 is 2.80 bits per heavy atom. The summed E-state index contributed by atoms with van der Waals surface area (Å²) in [5.74, 6) is 0.155. The summed E-state index contributed by atoms with van der Waals surface area (Å²) in [4.78, 5) is 10.9. The van der Waals surface area contributed by atoms with E-state index in [1.807, 2.05) is 0 Å². The summed E-state index contributed by atoms with van der Waals surface area (Å²) in [7, 11) is 1.53. The highest BCUT2D eigenvalue weighted by Gasteiger charge is 2.11. The van der Waals surface area contributed by atoms with E-state index in [0.29, 0.717) is 16.5 Å². The first-order valence-corrected chi connectivity index (χ1v) is 4.81. The molecule has 5 heteroatoms. The highest BCUT2D eigenvalue weighted by Crippen LogP contribution is 2.28. The normalized spacial score (nSPS) is 11.9. The predicted molar refractivity (Wildman–Crippen MR) is 60.3 cm³/mol. The number of primary amides is 1. The first kappa shape index (κ1) is 11.7. The number of ether oxygens (including phenoxy) is 1. The number of amides is 1. The van der Waals surface area contributed by atoms with Crippen molar-refractivity contribution in [1.29, 1.82) is 0 Å². The second-order valence-corrected chi connectivity index (χ2v) is 3.55. The van der Waals surface area contributed by atoms with Crippen LogP contribution in [0.1, 0.15) is 6.92 Å². The van der Waals surface area contributed by atoms with Gasteiger partial charge < -0.3 is 15.8 Å². The Bertz CT molecular complexity index is 368. The molecule has 1 aromatic rings. The van der Waals surface area contributed by atoms with Crippen molar-refractivity contribution in [2.75, 3.05) is 12.4 Å². The molecule has 0 bridgehead atoms. The number of nitrogens with one attached hydrogen (secondary N) is 1. The van der Waals surface area contributed by atoms with Crippen molar-refractivity contribution >= 4 is 23.2 Å². The maximum atomic E-state index is 10.9. The van der Waals surface area contributed by atoms with Gasteiger partial charge in [0.2, 0.25) is 5.91 Å². The molecule has 0 aliphatic carbocycles. The highest BCUT2D eigenvalue weighted by molar-refractivity contribution is 6.30. The zero-order chi connectivity index (χ0) is 11.4. The minimum absolute atomic E-state index is 0.424. The number of halogens is 1. The Morgan fingerprint density at radius 1 is 1.60 bits per heavy atom. The van der Waals surface area contributed by atoms with Gasteiger partial charge in [-0.1, -0.05) is 11.6 Å². The van der Waals surface area contributed by atoms with Crippen LogP contribution in [-0.2, 0) is 4.79 Å². The quantitative estimate of drug-likeness (QED) is 0.824. The smallest absolute Gasteiger partial charge is 0.239 e. The van der Waals surface area contributed by atoms with Crippen LogP contribution in [0.15, 0.2) is 18.2 Å². The van der Waals surface area contributed by atoms with Crippen molar-refractivity contribution in [1.82, 2.24) is 0 Å². The number of carbonyl (C=O) groups excluding carboxylic acids is 1. The van der Waals surface area contributed by atoms with Gasteiger partial charge >= 0.3 is 0 Å². The van der Waals surface area contributed by atoms with Crippen molar-refractivity contribution in [3.05, 3.63) is 23.2 Å². The lowest BCUT2D eigenvalue weighted by Gasteiger charge is -2.14. The molecule has 0 aromatic heterocycles. The number of anilines is 1. The van der Waals surface area contributed by atoms with Gasteiger partial charge in [0, 0.05) is 11.1 Å². The molecule has 1 atom stereocenters. The SMILES string of the molecule is COc1cc(Cl)ccc1NC(C)C(N)=O.